The third-order valence-electron chi connectivity index (χ3n) is 3.40. The number of hydrogen-bond acceptors (Lipinski definition) is 4. The molecule has 0 aromatic heterocycles. The van der Waals surface area contributed by atoms with Crippen LogP contribution in [-0.2, 0) is 4.79 Å². The van der Waals surface area contributed by atoms with E-state index in [0.717, 1.165) is 0 Å². The summed E-state index contributed by atoms with van der Waals surface area (Å²) in [6.45, 7) is 1.28. The summed E-state index contributed by atoms with van der Waals surface area (Å²) in [5, 5.41) is 1.62. The van der Waals surface area contributed by atoms with Crippen LogP contribution in [0.3, 0.4) is 0 Å². The van der Waals surface area contributed by atoms with E-state index in [0.29, 0.717) is 37.3 Å². The number of carbonyl (C=O) groups is 1. The minimum Gasteiger partial charge on any atom is -0.456 e. The second-order valence-corrected chi connectivity index (χ2v) is 7.24. The highest BCUT2D eigenvalue weighted by atomic mass is 35.5. The van der Waals surface area contributed by atoms with Crippen LogP contribution in [0.25, 0.3) is 0 Å². The van der Waals surface area contributed by atoms with Crippen molar-refractivity contribution in [2.45, 2.75) is 6.92 Å². The van der Waals surface area contributed by atoms with Gasteiger partial charge >= 0.3 is 5.97 Å². The van der Waals surface area contributed by atoms with Crippen LogP contribution in [-0.4, -0.2) is 5.97 Å². The average molecular weight is 458 g/mol. The predicted octanol–water partition coefficient (Wildman–Crippen LogP) is 7.81. The van der Waals surface area contributed by atoms with Gasteiger partial charge in [-0.05, 0) is 48.5 Å². The lowest BCUT2D eigenvalue weighted by atomic mass is 10.2. The van der Waals surface area contributed by atoms with Crippen LogP contribution in [0.4, 0.5) is 0 Å². The van der Waals surface area contributed by atoms with Gasteiger partial charge in [0.2, 0.25) is 0 Å². The van der Waals surface area contributed by atoms with Crippen LogP contribution in [0.5, 0.6) is 28.7 Å². The summed E-state index contributed by atoms with van der Waals surface area (Å²) in [5.74, 6) is 1.04. The van der Waals surface area contributed by atoms with E-state index in [9.17, 15) is 4.79 Å². The fourth-order valence-electron chi connectivity index (χ4n) is 2.23. The smallest absolute Gasteiger partial charge is 0.308 e. The first-order chi connectivity index (χ1) is 13.3. The molecule has 144 valence electrons. The fourth-order valence-corrected chi connectivity index (χ4v) is 3.13. The van der Waals surface area contributed by atoms with E-state index in [4.69, 9.17) is 60.6 Å². The molecule has 0 bridgehead atoms. The molecular formula is C20H12Cl4O4. The molecule has 0 heterocycles. The Bertz CT molecular complexity index is 1040. The van der Waals surface area contributed by atoms with E-state index < -0.39 is 5.97 Å². The van der Waals surface area contributed by atoms with Crippen molar-refractivity contribution in [2.24, 2.45) is 0 Å². The molecule has 0 spiro atoms. The zero-order chi connectivity index (χ0) is 20.3. The highest BCUT2D eigenvalue weighted by Crippen LogP contribution is 2.40. The van der Waals surface area contributed by atoms with E-state index in [1.54, 1.807) is 48.5 Å². The predicted molar refractivity (Wildman–Crippen MR) is 111 cm³/mol. The summed E-state index contributed by atoms with van der Waals surface area (Å²) in [6, 6.07) is 14.4. The number of hydrogen-bond donors (Lipinski definition) is 0. The van der Waals surface area contributed by atoms with Crippen molar-refractivity contribution < 1.29 is 19.0 Å². The van der Waals surface area contributed by atoms with Crippen LogP contribution >= 0.6 is 46.4 Å². The lowest BCUT2D eigenvalue weighted by Crippen LogP contribution is -2.03. The first kappa shape index (κ1) is 20.6. The molecule has 0 N–H and O–H groups in total. The van der Waals surface area contributed by atoms with E-state index in [-0.39, 0.29) is 11.5 Å². The first-order valence-electron chi connectivity index (χ1n) is 7.90. The Morgan fingerprint density at radius 1 is 0.679 bits per heavy atom. The van der Waals surface area contributed by atoms with Crippen LogP contribution in [0.1, 0.15) is 6.92 Å². The summed E-state index contributed by atoms with van der Waals surface area (Å²) in [6.07, 6.45) is 0. The molecule has 3 aromatic rings. The number of halogens is 4. The van der Waals surface area contributed by atoms with Gasteiger partial charge in [0, 0.05) is 23.0 Å². The van der Waals surface area contributed by atoms with Crippen LogP contribution in [0.15, 0.2) is 54.6 Å². The molecule has 0 aliphatic rings. The summed E-state index contributed by atoms with van der Waals surface area (Å²) in [4.78, 5) is 11.5. The third-order valence-corrected chi connectivity index (χ3v) is 4.47. The van der Waals surface area contributed by atoms with Gasteiger partial charge in [-0.25, -0.2) is 0 Å². The molecule has 3 aromatic carbocycles. The summed E-state index contributed by atoms with van der Waals surface area (Å²) >= 11 is 24.1. The van der Waals surface area contributed by atoms with E-state index in [1.165, 1.54) is 13.0 Å². The van der Waals surface area contributed by atoms with Crippen molar-refractivity contribution in [3.05, 3.63) is 74.7 Å². The highest BCUT2D eigenvalue weighted by molar-refractivity contribution is 6.36. The van der Waals surface area contributed by atoms with Gasteiger partial charge in [-0.1, -0.05) is 46.4 Å². The Balaban J connectivity index is 1.91. The van der Waals surface area contributed by atoms with Gasteiger partial charge in [0.25, 0.3) is 0 Å². The van der Waals surface area contributed by atoms with Gasteiger partial charge in [0.1, 0.15) is 17.2 Å². The monoisotopic (exact) mass is 456 g/mol. The van der Waals surface area contributed by atoms with Gasteiger partial charge in [-0.15, -0.1) is 0 Å². The van der Waals surface area contributed by atoms with Crippen molar-refractivity contribution in [1.29, 1.82) is 0 Å². The molecule has 0 amide bonds. The van der Waals surface area contributed by atoms with Crippen LogP contribution < -0.4 is 14.2 Å². The molecule has 0 saturated carbocycles. The Kier molecular flexibility index (Phi) is 6.57. The number of ether oxygens (including phenoxy) is 3. The van der Waals surface area contributed by atoms with Gasteiger partial charge in [0.05, 0.1) is 10.0 Å². The topological polar surface area (TPSA) is 44.8 Å². The molecule has 0 aliphatic carbocycles. The number of esters is 1. The van der Waals surface area contributed by atoms with Gasteiger partial charge < -0.3 is 14.2 Å². The largest absolute Gasteiger partial charge is 0.456 e. The lowest BCUT2D eigenvalue weighted by Gasteiger charge is -2.14. The third kappa shape index (κ3) is 5.24. The Morgan fingerprint density at radius 2 is 1.21 bits per heavy atom. The minimum atomic E-state index is -0.520. The van der Waals surface area contributed by atoms with E-state index in [1.807, 2.05) is 0 Å². The summed E-state index contributed by atoms with van der Waals surface area (Å²) < 4.78 is 16.8. The van der Waals surface area contributed by atoms with Crippen molar-refractivity contribution >= 4 is 52.4 Å². The number of benzene rings is 3. The fraction of sp³-hybridized carbons (Fsp3) is 0.0500. The maximum atomic E-state index is 11.5. The molecule has 3 rings (SSSR count). The zero-order valence-corrected chi connectivity index (χ0v) is 17.4. The highest BCUT2D eigenvalue weighted by Gasteiger charge is 2.14. The number of rotatable bonds is 5. The first-order valence-corrected chi connectivity index (χ1v) is 9.41. The van der Waals surface area contributed by atoms with E-state index in [2.05, 4.69) is 0 Å². The van der Waals surface area contributed by atoms with Crippen LogP contribution in [0.2, 0.25) is 20.1 Å². The molecular weight excluding hydrogens is 446 g/mol. The Morgan fingerprint density at radius 3 is 1.75 bits per heavy atom. The normalized spacial score (nSPS) is 10.5. The molecule has 0 saturated heterocycles. The standard InChI is InChI=1S/C20H12Cl4O4/c1-11(25)26-20-10-14(27-17-5-2-12(21)8-15(17)23)4-7-19(20)28-18-6-3-13(22)9-16(18)24/h2-10H,1H3. The SMILES string of the molecule is CC(=O)Oc1cc(Oc2ccc(Cl)cc2Cl)ccc1Oc1ccc(Cl)cc1Cl. The maximum Gasteiger partial charge on any atom is 0.308 e. The molecule has 8 heteroatoms. The van der Waals surface area contributed by atoms with Crippen molar-refractivity contribution in [2.75, 3.05) is 0 Å². The van der Waals surface area contributed by atoms with Crippen molar-refractivity contribution in [3.63, 3.8) is 0 Å². The van der Waals surface area contributed by atoms with Crippen LogP contribution in [0, 0.1) is 0 Å². The van der Waals surface area contributed by atoms with Crippen molar-refractivity contribution in [3.8, 4) is 28.7 Å². The quantitative estimate of drug-likeness (QED) is 0.289. The maximum absolute atomic E-state index is 11.5. The molecule has 0 aliphatic heterocycles. The number of carbonyl (C=O) groups excluding carboxylic acids is 1. The molecule has 28 heavy (non-hydrogen) atoms. The molecule has 0 radical (unpaired) electrons. The van der Waals surface area contributed by atoms with Gasteiger partial charge in [0.15, 0.2) is 11.5 Å². The van der Waals surface area contributed by atoms with E-state index >= 15 is 0 Å². The summed E-state index contributed by atoms with van der Waals surface area (Å²) in [5.41, 5.74) is 0. The van der Waals surface area contributed by atoms with Crippen molar-refractivity contribution in [1.82, 2.24) is 0 Å². The summed E-state index contributed by atoms with van der Waals surface area (Å²) in [7, 11) is 0. The van der Waals surface area contributed by atoms with Gasteiger partial charge in [-0.3, -0.25) is 4.79 Å². The second-order valence-electron chi connectivity index (χ2n) is 5.56. The molecule has 0 unspecified atom stereocenters. The lowest BCUT2D eigenvalue weighted by molar-refractivity contribution is -0.131. The minimum absolute atomic E-state index is 0.154. The zero-order valence-electron chi connectivity index (χ0n) is 14.3. The molecule has 0 fully saturated rings. The van der Waals surface area contributed by atoms with Gasteiger partial charge in [-0.2, -0.15) is 0 Å². The Labute approximate surface area is 181 Å². The second kappa shape index (κ2) is 8.93. The Hall–Kier alpha value is -2.11. The average Bonchev–Trinajstić information content (AvgIpc) is 2.61. The molecule has 4 nitrogen and oxygen atoms in total. The molecule has 0 atom stereocenters.